The fraction of sp³-hybridized carbons (Fsp3) is 0.200. The standard InChI is InChI=1S/C15H15FINO2S/c1-10(2)11-3-6-13(7-4-11)21(19,20)18-15-8-5-12(17)9-14(15)16/h3-10,18H,1-2H3. The Kier molecular flexibility index (Phi) is 4.88. The van der Waals surface area contributed by atoms with Crippen LogP contribution in [0.4, 0.5) is 10.1 Å². The van der Waals surface area contributed by atoms with E-state index in [9.17, 15) is 12.8 Å². The summed E-state index contributed by atoms with van der Waals surface area (Å²) in [5.74, 6) is -0.271. The van der Waals surface area contributed by atoms with Gasteiger partial charge in [-0.25, -0.2) is 12.8 Å². The van der Waals surface area contributed by atoms with Gasteiger partial charge in [-0.3, -0.25) is 4.72 Å². The molecule has 0 amide bonds. The lowest BCUT2D eigenvalue weighted by molar-refractivity contribution is 0.598. The van der Waals surface area contributed by atoms with Gasteiger partial charge in [0.2, 0.25) is 0 Å². The van der Waals surface area contributed by atoms with E-state index in [4.69, 9.17) is 0 Å². The number of sulfonamides is 1. The molecular formula is C15H15FINO2S. The molecule has 0 aliphatic heterocycles. The van der Waals surface area contributed by atoms with Crippen LogP contribution >= 0.6 is 22.6 Å². The first-order valence-electron chi connectivity index (χ1n) is 6.37. The Bertz CT molecular complexity index is 743. The molecule has 112 valence electrons. The van der Waals surface area contributed by atoms with Gasteiger partial charge in [0, 0.05) is 3.57 Å². The minimum absolute atomic E-state index is 0.0525. The first kappa shape index (κ1) is 16.2. The second-order valence-corrected chi connectivity index (χ2v) is 7.88. The lowest BCUT2D eigenvalue weighted by atomic mass is 10.0. The van der Waals surface area contributed by atoms with Crippen LogP contribution in [0.2, 0.25) is 0 Å². The molecular weight excluding hydrogens is 404 g/mol. The van der Waals surface area contributed by atoms with E-state index in [0.717, 1.165) is 5.56 Å². The molecule has 0 fully saturated rings. The van der Waals surface area contributed by atoms with E-state index in [1.807, 2.05) is 36.4 Å². The molecule has 0 saturated carbocycles. The molecule has 6 heteroatoms. The number of benzene rings is 2. The van der Waals surface area contributed by atoms with Crippen molar-refractivity contribution >= 4 is 38.3 Å². The predicted molar refractivity (Wildman–Crippen MR) is 90.5 cm³/mol. The highest BCUT2D eigenvalue weighted by molar-refractivity contribution is 14.1. The number of halogens is 2. The summed E-state index contributed by atoms with van der Waals surface area (Å²) in [6.45, 7) is 4.06. The highest BCUT2D eigenvalue weighted by atomic mass is 127. The highest BCUT2D eigenvalue weighted by Crippen LogP contribution is 2.22. The molecule has 3 nitrogen and oxygen atoms in total. The monoisotopic (exact) mass is 419 g/mol. The van der Waals surface area contributed by atoms with Crippen LogP contribution in [-0.4, -0.2) is 8.42 Å². The maximum Gasteiger partial charge on any atom is 0.261 e. The van der Waals surface area contributed by atoms with E-state index >= 15 is 0 Å². The number of rotatable bonds is 4. The Balaban J connectivity index is 2.29. The van der Waals surface area contributed by atoms with E-state index in [2.05, 4.69) is 4.72 Å². The Morgan fingerprint density at radius 3 is 2.24 bits per heavy atom. The van der Waals surface area contributed by atoms with Crippen LogP contribution in [-0.2, 0) is 10.0 Å². The fourth-order valence-electron chi connectivity index (χ4n) is 1.81. The Morgan fingerprint density at radius 1 is 1.10 bits per heavy atom. The molecule has 0 spiro atoms. The van der Waals surface area contributed by atoms with E-state index in [1.165, 1.54) is 24.3 Å². The van der Waals surface area contributed by atoms with Crippen molar-refractivity contribution < 1.29 is 12.8 Å². The summed E-state index contributed by atoms with van der Waals surface area (Å²) in [7, 11) is -3.78. The summed E-state index contributed by atoms with van der Waals surface area (Å²) >= 11 is 1.96. The zero-order chi connectivity index (χ0) is 15.6. The predicted octanol–water partition coefficient (Wildman–Crippen LogP) is 4.35. The quantitative estimate of drug-likeness (QED) is 0.749. The molecule has 2 rings (SSSR count). The van der Waals surface area contributed by atoms with Crippen LogP contribution in [0.1, 0.15) is 25.3 Å². The van der Waals surface area contributed by atoms with Gasteiger partial charge in [-0.05, 0) is 64.4 Å². The smallest absolute Gasteiger partial charge is 0.261 e. The van der Waals surface area contributed by atoms with Gasteiger partial charge in [0.15, 0.2) is 0 Å². The van der Waals surface area contributed by atoms with Gasteiger partial charge in [-0.1, -0.05) is 26.0 Å². The average molecular weight is 419 g/mol. The third-order valence-corrected chi connectivity index (χ3v) is 5.08. The normalized spacial score (nSPS) is 11.7. The zero-order valence-corrected chi connectivity index (χ0v) is 14.6. The Labute approximate surface area is 137 Å². The topological polar surface area (TPSA) is 46.2 Å². The molecule has 0 aliphatic rings. The molecule has 0 saturated heterocycles. The van der Waals surface area contributed by atoms with Gasteiger partial charge in [0.25, 0.3) is 10.0 Å². The summed E-state index contributed by atoms with van der Waals surface area (Å²) in [4.78, 5) is 0.116. The summed E-state index contributed by atoms with van der Waals surface area (Å²) in [5.41, 5.74) is 0.998. The van der Waals surface area contributed by atoms with Crippen LogP contribution < -0.4 is 4.72 Å². The number of nitrogens with one attached hydrogen (secondary N) is 1. The van der Waals surface area contributed by atoms with Crippen LogP contribution in [0.3, 0.4) is 0 Å². The van der Waals surface area contributed by atoms with Crippen LogP contribution in [0.5, 0.6) is 0 Å². The van der Waals surface area contributed by atoms with Crippen molar-refractivity contribution in [3.05, 3.63) is 57.4 Å². The molecule has 1 N–H and O–H groups in total. The maximum absolute atomic E-state index is 13.7. The highest BCUT2D eigenvalue weighted by Gasteiger charge is 2.16. The van der Waals surface area contributed by atoms with Gasteiger partial charge < -0.3 is 0 Å². The summed E-state index contributed by atoms with van der Waals surface area (Å²) in [5, 5.41) is 0. The Morgan fingerprint density at radius 2 is 1.71 bits per heavy atom. The fourth-order valence-corrected chi connectivity index (χ4v) is 3.33. The first-order valence-corrected chi connectivity index (χ1v) is 8.93. The van der Waals surface area contributed by atoms with Crippen LogP contribution in [0.25, 0.3) is 0 Å². The molecule has 0 unspecified atom stereocenters. The average Bonchev–Trinajstić information content (AvgIpc) is 2.42. The first-order chi connectivity index (χ1) is 9.79. The minimum atomic E-state index is -3.78. The van der Waals surface area contributed by atoms with Crippen LogP contribution in [0, 0.1) is 9.39 Å². The third kappa shape index (κ3) is 3.94. The SMILES string of the molecule is CC(C)c1ccc(S(=O)(=O)Nc2ccc(I)cc2F)cc1. The van der Waals surface area contributed by atoms with Gasteiger partial charge in [-0.2, -0.15) is 0 Å². The van der Waals surface area contributed by atoms with Crippen LogP contribution in [0.15, 0.2) is 47.4 Å². The van der Waals surface area contributed by atoms with Gasteiger partial charge in [0.1, 0.15) is 5.82 Å². The van der Waals surface area contributed by atoms with Crippen molar-refractivity contribution in [1.29, 1.82) is 0 Å². The minimum Gasteiger partial charge on any atom is -0.277 e. The molecule has 21 heavy (non-hydrogen) atoms. The maximum atomic E-state index is 13.7. The molecule has 0 radical (unpaired) electrons. The second-order valence-electron chi connectivity index (χ2n) is 4.95. The largest absolute Gasteiger partial charge is 0.277 e. The summed E-state index contributed by atoms with van der Waals surface area (Å²) in [6.07, 6.45) is 0. The molecule has 2 aromatic carbocycles. The van der Waals surface area contributed by atoms with Gasteiger partial charge in [-0.15, -0.1) is 0 Å². The number of anilines is 1. The van der Waals surface area contributed by atoms with Crippen molar-refractivity contribution in [1.82, 2.24) is 0 Å². The molecule has 0 aliphatic carbocycles. The molecule has 0 aromatic heterocycles. The van der Waals surface area contributed by atoms with Crippen molar-refractivity contribution in [2.45, 2.75) is 24.7 Å². The third-order valence-electron chi connectivity index (χ3n) is 3.03. The molecule has 2 aromatic rings. The Hall–Kier alpha value is -1.15. The lowest BCUT2D eigenvalue weighted by Gasteiger charge is -2.10. The van der Waals surface area contributed by atoms with E-state index < -0.39 is 15.8 Å². The number of hydrogen-bond acceptors (Lipinski definition) is 2. The number of hydrogen-bond donors (Lipinski definition) is 1. The zero-order valence-electron chi connectivity index (χ0n) is 11.6. The summed E-state index contributed by atoms with van der Waals surface area (Å²) in [6, 6.07) is 10.9. The van der Waals surface area contributed by atoms with Crippen molar-refractivity contribution in [2.24, 2.45) is 0 Å². The van der Waals surface area contributed by atoms with Crippen molar-refractivity contribution in [3.8, 4) is 0 Å². The van der Waals surface area contributed by atoms with E-state index in [1.54, 1.807) is 18.2 Å². The van der Waals surface area contributed by atoms with E-state index in [0.29, 0.717) is 9.49 Å². The van der Waals surface area contributed by atoms with Gasteiger partial charge in [0.05, 0.1) is 10.6 Å². The van der Waals surface area contributed by atoms with Crippen molar-refractivity contribution in [3.63, 3.8) is 0 Å². The van der Waals surface area contributed by atoms with Gasteiger partial charge >= 0.3 is 0 Å². The molecule has 0 atom stereocenters. The van der Waals surface area contributed by atoms with E-state index in [-0.39, 0.29) is 10.6 Å². The van der Waals surface area contributed by atoms with Crippen molar-refractivity contribution in [2.75, 3.05) is 4.72 Å². The second kappa shape index (κ2) is 6.31. The molecule has 0 bridgehead atoms. The summed E-state index contributed by atoms with van der Waals surface area (Å²) < 4.78 is 41.2. The lowest BCUT2D eigenvalue weighted by Crippen LogP contribution is -2.14. The molecule has 0 heterocycles.